The molecule has 32 heavy (non-hydrogen) atoms. The molecule has 1 aromatic carbocycles. The quantitative estimate of drug-likeness (QED) is 0.229. The molecule has 0 bridgehead atoms. The number of carbonyl (C=O) groups is 2. The number of rotatable bonds is 9. The molecular weight excluding hydrogens is 430 g/mol. The van der Waals surface area contributed by atoms with Gasteiger partial charge in [0.15, 0.2) is 12.4 Å². The lowest BCUT2D eigenvalue weighted by molar-refractivity contribution is -0.124. The molecule has 8 nitrogen and oxygen atoms in total. The number of pyridine rings is 1. The van der Waals surface area contributed by atoms with Crippen molar-refractivity contribution in [3.8, 4) is 11.5 Å². The average Bonchev–Trinajstić information content (AvgIpc) is 3.48. The maximum Gasteiger partial charge on any atom is 0.339 e. The number of hydrogen-bond acceptors (Lipinski definition) is 8. The Morgan fingerprint density at radius 2 is 2.00 bits per heavy atom. The van der Waals surface area contributed by atoms with Gasteiger partial charge in [0.05, 0.1) is 22.9 Å². The Morgan fingerprint density at radius 3 is 2.78 bits per heavy atom. The molecule has 1 amide bonds. The highest BCUT2D eigenvalue weighted by molar-refractivity contribution is 7.99. The van der Waals surface area contributed by atoms with Crippen molar-refractivity contribution in [2.75, 3.05) is 18.9 Å². The van der Waals surface area contributed by atoms with Crippen LogP contribution in [0.5, 0.6) is 0 Å². The molecule has 3 heterocycles. The van der Waals surface area contributed by atoms with Crippen molar-refractivity contribution in [2.45, 2.75) is 18.2 Å². The summed E-state index contributed by atoms with van der Waals surface area (Å²) in [6.07, 6.45) is 2.31. The van der Waals surface area contributed by atoms with Crippen molar-refractivity contribution in [3.63, 3.8) is 0 Å². The predicted molar refractivity (Wildman–Crippen MR) is 119 cm³/mol. The highest BCUT2D eigenvalue weighted by Crippen LogP contribution is 2.27. The van der Waals surface area contributed by atoms with E-state index in [1.54, 1.807) is 36.9 Å². The molecule has 0 fully saturated rings. The SMILES string of the molecule is Cc1noc2nc(-c3ccco3)cc(C(=O)OCC(=O)NCCCSc3ccccc3)c12. The zero-order valence-electron chi connectivity index (χ0n) is 17.4. The molecule has 164 valence electrons. The maximum atomic E-state index is 12.7. The molecule has 0 aliphatic carbocycles. The number of aryl methyl sites for hydroxylation is 1. The number of carbonyl (C=O) groups excluding carboxylic acids is 2. The number of nitrogens with zero attached hydrogens (tertiary/aromatic N) is 2. The Labute approximate surface area is 188 Å². The maximum absolute atomic E-state index is 12.7. The normalized spacial score (nSPS) is 10.9. The summed E-state index contributed by atoms with van der Waals surface area (Å²) in [5.41, 5.74) is 1.33. The van der Waals surface area contributed by atoms with Crippen LogP contribution in [0.25, 0.3) is 22.6 Å². The van der Waals surface area contributed by atoms with Gasteiger partial charge in [-0.3, -0.25) is 4.79 Å². The van der Waals surface area contributed by atoms with Gasteiger partial charge in [-0.2, -0.15) is 0 Å². The molecule has 0 atom stereocenters. The van der Waals surface area contributed by atoms with Crippen molar-refractivity contribution in [2.24, 2.45) is 0 Å². The van der Waals surface area contributed by atoms with Gasteiger partial charge in [-0.05, 0) is 49.4 Å². The summed E-state index contributed by atoms with van der Waals surface area (Å²) in [7, 11) is 0. The van der Waals surface area contributed by atoms with Gasteiger partial charge in [0.25, 0.3) is 11.6 Å². The van der Waals surface area contributed by atoms with Gasteiger partial charge >= 0.3 is 5.97 Å². The lowest BCUT2D eigenvalue weighted by Gasteiger charge is -2.08. The van der Waals surface area contributed by atoms with E-state index in [0.717, 1.165) is 12.2 Å². The van der Waals surface area contributed by atoms with Gasteiger partial charge in [0, 0.05) is 11.4 Å². The van der Waals surface area contributed by atoms with E-state index in [4.69, 9.17) is 13.7 Å². The second-order valence-electron chi connectivity index (χ2n) is 6.92. The van der Waals surface area contributed by atoms with Crippen LogP contribution in [-0.2, 0) is 9.53 Å². The summed E-state index contributed by atoms with van der Waals surface area (Å²) in [4.78, 5) is 30.4. The number of ether oxygens (including phenoxy) is 1. The minimum atomic E-state index is -0.661. The standard InChI is InChI=1S/C23H21N3O5S/c1-15-21-17(13-18(19-9-5-11-29-19)25-22(21)31-26-15)23(28)30-14-20(27)24-10-6-12-32-16-7-3-2-4-8-16/h2-5,7-9,11,13H,6,10,12,14H2,1H3,(H,24,27). The minimum absolute atomic E-state index is 0.198. The van der Waals surface area contributed by atoms with Crippen LogP contribution in [0.3, 0.4) is 0 Å². The first-order chi connectivity index (χ1) is 15.6. The van der Waals surface area contributed by atoms with Gasteiger partial charge < -0.3 is 19.0 Å². The second-order valence-corrected chi connectivity index (χ2v) is 8.09. The van der Waals surface area contributed by atoms with E-state index in [2.05, 4.69) is 15.5 Å². The number of fused-ring (bicyclic) bond motifs is 1. The van der Waals surface area contributed by atoms with E-state index in [1.807, 2.05) is 30.3 Å². The smallest absolute Gasteiger partial charge is 0.339 e. The lowest BCUT2D eigenvalue weighted by Crippen LogP contribution is -2.29. The fourth-order valence-corrected chi connectivity index (χ4v) is 3.95. The third-order valence-corrected chi connectivity index (χ3v) is 5.70. The van der Waals surface area contributed by atoms with Crippen LogP contribution in [0.4, 0.5) is 0 Å². The number of aromatic nitrogens is 2. The van der Waals surface area contributed by atoms with E-state index in [0.29, 0.717) is 29.1 Å². The number of hydrogen-bond donors (Lipinski definition) is 1. The van der Waals surface area contributed by atoms with Crippen molar-refractivity contribution >= 4 is 34.7 Å². The molecule has 4 aromatic rings. The molecule has 0 saturated heterocycles. The molecule has 0 aliphatic heterocycles. The van der Waals surface area contributed by atoms with Crippen LogP contribution in [0.1, 0.15) is 22.5 Å². The van der Waals surface area contributed by atoms with Crippen LogP contribution in [-0.4, -0.2) is 40.9 Å². The molecule has 3 aromatic heterocycles. The Kier molecular flexibility index (Phi) is 6.86. The number of thioether (sulfide) groups is 1. The van der Waals surface area contributed by atoms with Crippen molar-refractivity contribution in [3.05, 3.63) is 66.1 Å². The number of benzene rings is 1. The van der Waals surface area contributed by atoms with Crippen LogP contribution < -0.4 is 5.32 Å². The molecule has 9 heteroatoms. The first kappa shape index (κ1) is 21.6. The fraction of sp³-hybridized carbons (Fsp3) is 0.217. The number of esters is 1. The van der Waals surface area contributed by atoms with E-state index in [9.17, 15) is 9.59 Å². The topological polar surface area (TPSA) is 107 Å². The Hall–Kier alpha value is -3.59. The average molecular weight is 452 g/mol. The van der Waals surface area contributed by atoms with Crippen molar-refractivity contribution < 1.29 is 23.3 Å². The molecule has 0 radical (unpaired) electrons. The zero-order valence-corrected chi connectivity index (χ0v) is 18.2. The Morgan fingerprint density at radius 1 is 1.16 bits per heavy atom. The molecular formula is C23H21N3O5S. The Bertz CT molecular complexity index is 1210. The highest BCUT2D eigenvalue weighted by Gasteiger charge is 2.21. The molecule has 0 aliphatic rings. The van der Waals surface area contributed by atoms with Gasteiger partial charge in [-0.15, -0.1) is 11.8 Å². The summed E-state index contributed by atoms with van der Waals surface area (Å²) in [5.74, 6) is 0.329. The first-order valence-corrected chi connectivity index (χ1v) is 11.0. The number of amides is 1. The van der Waals surface area contributed by atoms with Crippen molar-refractivity contribution in [1.29, 1.82) is 0 Å². The summed E-state index contributed by atoms with van der Waals surface area (Å²) >= 11 is 1.73. The molecule has 4 rings (SSSR count). The number of furan rings is 1. The first-order valence-electron chi connectivity index (χ1n) is 10.0. The highest BCUT2D eigenvalue weighted by atomic mass is 32.2. The largest absolute Gasteiger partial charge is 0.463 e. The van der Waals surface area contributed by atoms with Crippen LogP contribution in [0, 0.1) is 6.92 Å². The van der Waals surface area contributed by atoms with Crippen LogP contribution in [0.2, 0.25) is 0 Å². The monoisotopic (exact) mass is 451 g/mol. The van der Waals surface area contributed by atoms with Crippen LogP contribution >= 0.6 is 11.8 Å². The van der Waals surface area contributed by atoms with Gasteiger partial charge in [-0.25, -0.2) is 9.78 Å². The summed E-state index contributed by atoms with van der Waals surface area (Å²) < 4.78 is 15.8. The second kappa shape index (κ2) is 10.1. The van der Waals surface area contributed by atoms with Gasteiger partial charge in [-0.1, -0.05) is 23.4 Å². The van der Waals surface area contributed by atoms with Gasteiger partial charge in [0.2, 0.25) is 0 Å². The Balaban J connectivity index is 1.31. The van der Waals surface area contributed by atoms with Crippen molar-refractivity contribution in [1.82, 2.24) is 15.5 Å². The van der Waals surface area contributed by atoms with Crippen LogP contribution in [0.15, 0.2) is 68.6 Å². The molecule has 0 spiro atoms. The van der Waals surface area contributed by atoms with E-state index < -0.39 is 5.97 Å². The third kappa shape index (κ3) is 5.17. The lowest BCUT2D eigenvalue weighted by atomic mass is 10.1. The summed E-state index contributed by atoms with van der Waals surface area (Å²) in [6, 6.07) is 15.0. The molecule has 1 N–H and O–H groups in total. The van der Waals surface area contributed by atoms with E-state index in [1.165, 1.54) is 11.2 Å². The summed E-state index contributed by atoms with van der Waals surface area (Å²) in [6.45, 7) is 1.83. The van der Waals surface area contributed by atoms with E-state index >= 15 is 0 Å². The predicted octanol–water partition coefficient (Wildman–Crippen LogP) is 4.25. The minimum Gasteiger partial charge on any atom is -0.463 e. The number of nitrogens with one attached hydrogen (secondary N) is 1. The summed E-state index contributed by atoms with van der Waals surface area (Å²) in [5, 5.41) is 7.09. The van der Waals surface area contributed by atoms with E-state index in [-0.39, 0.29) is 23.8 Å². The third-order valence-electron chi connectivity index (χ3n) is 4.60. The molecule has 0 unspecified atom stereocenters. The molecule has 0 saturated carbocycles. The fourth-order valence-electron chi connectivity index (χ4n) is 3.07. The van der Waals surface area contributed by atoms with Gasteiger partial charge in [0.1, 0.15) is 5.69 Å². The zero-order chi connectivity index (χ0) is 22.3.